The van der Waals surface area contributed by atoms with Crippen LogP contribution in [-0.2, 0) is 5.60 Å². The van der Waals surface area contributed by atoms with Crippen LogP contribution in [0.3, 0.4) is 0 Å². The van der Waals surface area contributed by atoms with Gasteiger partial charge in [-0.3, -0.25) is 4.90 Å². The van der Waals surface area contributed by atoms with Gasteiger partial charge in [-0.2, -0.15) is 0 Å². The molecule has 0 unspecified atom stereocenters. The standard InChI is InChI=1S/C27H32BrNO/c1-25(2)17-22-18-26(3,19-25)20-29(22)16-10-9-15-27(30,21-11-5-4-6-12-21)23-13-7-8-14-24(23)28/h4-8,11-14,22,30H,15-20H2,1-3H3/t22-,26+,27-/m0/s1. The summed E-state index contributed by atoms with van der Waals surface area (Å²) in [5.74, 6) is 6.73. The van der Waals surface area contributed by atoms with Gasteiger partial charge in [0.2, 0.25) is 0 Å². The molecule has 1 aliphatic heterocycles. The maximum absolute atomic E-state index is 11.7. The fraction of sp³-hybridized carbons (Fsp3) is 0.481. The van der Waals surface area contributed by atoms with E-state index in [1.807, 2.05) is 54.6 Å². The van der Waals surface area contributed by atoms with Crippen molar-refractivity contribution in [3.05, 3.63) is 70.2 Å². The average Bonchev–Trinajstić information content (AvgIpc) is 2.94. The SMILES string of the molecule is CC1(C)C[C@H]2C[C@@](C)(CN2CC#CC[C@](O)(c2ccccc2)c2ccccc2Br)C1. The third kappa shape index (κ3) is 4.37. The molecular weight excluding hydrogens is 434 g/mol. The quantitative estimate of drug-likeness (QED) is 0.561. The van der Waals surface area contributed by atoms with Crippen molar-refractivity contribution in [1.29, 1.82) is 0 Å². The van der Waals surface area contributed by atoms with Gasteiger partial charge >= 0.3 is 0 Å². The molecule has 0 amide bonds. The van der Waals surface area contributed by atoms with Crippen molar-refractivity contribution in [2.24, 2.45) is 10.8 Å². The van der Waals surface area contributed by atoms with Crippen LogP contribution in [0.1, 0.15) is 57.6 Å². The van der Waals surface area contributed by atoms with Crippen LogP contribution in [0.15, 0.2) is 59.1 Å². The van der Waals surface area contributed by atoms with Gasteiger partial charge in [-0.05, 0) is 41.7 Å². The number of fused-ring (bicyclic) bond motifs is 2. The first-order valence-corrected chi connectivity index (χ1v) is 11.7. The molecule has 2 aromatic rings. The van der Waals surface area contributed by atoms with Crippen LogP contribution in [0.2, 0.25) is 0 Å². The van der Waals surface area contributed by atoms with Crippen molar-refractivity contribution < 1.29 is 5.11 Å². The summed E-state index contributed by atoms with van der Waals surface area (Å²) in [5.41, 5.74) is 1.44. The molecule has 1 heterocycles. The van der Waals surface area contributed by atoms with Gasteiger partial charge in [0, 0.05) is 29.0 Å². The normalized spacial score (nSPS) is 27.2. The number of benzene rings is 2. The number of halogens is 1. The molecule has 3 heteroatoms. The molecule has 0 radical (unpaired) electrons. The Hall–Kier alpha value is -1.60. The summed E-state index contributed by atoms with van der Waals surface area (Å²) in [6.45, 7) is 9.18. The van der Waals surface area contributed by atoms with Gasteiger partial charge in [0.25, 0.3) is 0 Å². The van der Waals surface area contributed by atoms with E-state index in [0.717, 1.165) is 28.7 Å². The molecule has 158 valence electrons. The van der Waals surface area contributed by atoms with Crippen molar-refractivity contribution in [3.63, 3.8) is 0 Å². The third-order valence-electron chi connectivity index (χ3n) is 6.85. The second-order valence-corrected chi connectivity index (χ2v) is 11.2. The third-order valence-corrected chi connectivity index (χ3v) is 7.54. The fourth-order valence-corrected chi connectivity index (χ4v) is 6.59. The maximum Gasteiger partial charge on any atom is 0.127 e. The monoisotopic (exact) mass is 465 g/mol. The predicted molar refractivity (Wildman–Crippen MR) is 127 cm³/mol. The van der Waals surface area contributed by atoms with E-state index >= 15 is 0 Å². The lowest BCUT2D eigenvalue weighted by Crippen LogP contribution is -2.34. The number of hydrogen-bond donors (Lipinski definition) is 1. The Kier molecular flexibility index (Phi) is 5.88. The number of aliphatic hydroxyl groups is 1. The molecule has 0 aromatic heterocycles. The van der Waals surface area contributed by atoms with Crippen molar-refractivity contribution in [3.8, 4) is 11.8 Å². The van der Waals surface area contributed by atoms with Gasteiger partial charge in [-0.15, -0.1) is 0 Å². The topological polar surface area (TPSA) is 23.5 Å². The minimum absolute atomic E-state index is 0.376. The van der Waals surface area contributed by atoms with Gasteiger partial charge in [0.05, 0.1) is 6.54 Å². The van der Waals surface area contributed by atoms with Crippen molar-refractivity contribution >= 4 is 15.9 Å². The lowest BCUT2D eigenvalue weighted by Gasteiger charge is -2.39. The molecular formula is C27H32BrNO. The molecule has 1 aliphatic carbocycles. The Morgan fingerprint density at radius 2 is 1.73 bits per heavy atom. The van der Waals surface area contributed by atoms with Crippen LogP contribution < -0.4 is 0 Å². The molecule has 30 heavy (non-hydrogen) atoms. The first-order chi connectivity index (χ1) is 14.2. The van der Waals surface area contributed by atoms with E-state index in [1.54, 1.807) is 0 Å². The van der Waals surface area contributed by atoms with Gasteiger partial charge in [-0.1, -0.05) is 97.1 Å². The van der Waals surface area contributed by atoms with Crippen LogP contribution in [0.5, 0.6) is 0 Å². The fourth-order valence-electron chi connectivity index (χ4n) is 5.97. The van der Waals surface area contributed by atoms with E-state index < -0.39 is 5.60 Å². The second-order valence-electron chi connectivity index (χ2n) is 10.4. The Labute approximate surface area is 189 Å². The molecule has 2 fully saturated rings. The lowest BCUT2D eigenvalue weighted by molar-refractivity contribution is 0.0857. The minimum atomic E-state index is -1.14. The molecule has 2 aromatic carbocycles. The van der Waals surface area contributed by atoms with Crippen LogP contribution in [-0.4, -0.2) is 29.1 Å². The molecule has 1 saturated heterocycles. The molecule has 4 rings (SSSR count). The van der Waals surface area contributed by atoms with Crippen LogP contribution in [0.25, 0.3) is 0 Å². The Bertz CT molecular complexity index is 960. The maximum atomic E-state index is 11.7. The van der Waals surface area contributed by atoms with E-state index in [0.29, 0.717) is 23.3 Å². The zero-order valence-corrected chi connectivity index (χ0v) is 19.9. The summed E-state index contributed by atoms with van der Waals surface area (Å²) in [6.07, 6.45) is 4.23. The highest BCUT2D eigenvalue weighted by Gasteiger charge is 2.49. The van der Waals surface area contributed by atoms with E-state index in [2.05, 4.69) is 53.4 Å². The van der Waals surface area contributed by atoms with Crippen LogP contribution in [0, 0.1) is 22.7 Å². The first-order valence-electron chi connectivity index (χ1n) is 10.9. The Morgan fingerprint density at radius 3 is 2.47 bits per heavy atom. The molecule has 1 saturated carbocycles. The van der Waals surface area contributed by atoms with Crippen LogP contribution >= 0.6 is 15.9 Å². The molecule has 0 spiro atoms. The average molecular weight is 466 g/mol. The van der Waals surface area contributed by atoms with Gasteiger partial charge in [0.15, 0.2) is 0 Å². The van der Waals surface area contributed by atoms with Crippen molar-refractivity contribution in [2.75, 3.05) is 13.1 Å². The number of likely N-dealkylation sites (tertiary alicyclic amines) is 1. The summed E-state index contributed by atoms with van der Waals surface area (Å²) in [5, 5.41) is 11.7. The molecule has 2 aliphatic rings. The highest BCUT2D eigenvalue weighted by Crippen LogP contribution is 2.52. The highest BCUT2D eigenvalue weighted by atomic mass is 79.9. The number of hydrogen-bond acceptors (Lipinski definition) is 2. The van der Waals surface area contributed by atoms with Gasteiger partial charge in [-0.25, -0.2) is 0 Å². The van der Waals surface area contributed by atoms with Gasteiger partial charge < -0.3 is 5.11 Å². The Balaban J connectivity index is 1.53. The highest BCUT2D eigenvalue weighted by molar-refractivity contribution is 9.10. The van der Waals surface area contributed by atoms with Crippen molar-refractivity contribution in [2.45, 2.75) is 58.1 Å². The number of nitrogens with zero attached hydrogens (tertiary/aromatic N) is 1. The van der Waals surface area contributed by atoms with Gasteiger partial charge in [0.1, 0.15) is 5.60 Å². The smallest absolute Gasteiger partial charge is 0.127 e. The lowest BCUT2D eigenvalue weighted by atomic mass is 9.65. The van der Waals surface area contributed by atoms with E-state index in [9.17, 15) is 5.11 Å². The second kappa shape index (κ2) is 8.15. The van der Waals surface area contributed by atoms with Crippen molar-refractivity contribution in [1.82, 2.24) is 4.90 Å². The minimum Gasteiger partial charge on any atom is -0.379 e. The predicted octanol–water partition coefficient (Wildman–Crippen LogP) is 5.98. The molecule has 1 N–H and O–H groups in total. The largest absolute Gasteiger partial charge is 0.379 e. The van der Waals surface area contributed by atoms with E-state index in [1.165, 1.54) is 19.3 Å². The molecule has 3 atom stereocenters. The summed E-state index contributed by atoms with van der Waals surface area (Å²) in [6, 6.07) is 18.4. The summed E-state index contributed by atoms with van der Waals surface area (Å²) in [4.78, 5) is 2.57. The van der Waals surface area contributed by atoms with E-state index in [-0.39, 0.29) is 0 Å². The zero-order valence-electron chi connectivity index (χ0n) is 18.3. The number of rotatable bonds is 4. The first kappa shape index (κ1) is 21.6. The van der Waals surface area contributed by atoms with Crippen LogP contribution in [0.4, 0.5) is 0 Å². The Morgan fingerprint density at radius 1 is 1.03 bits per heavy atom. The summed E-state index contributed by atoms with van der Waals surface area (Å²) < 4.78 is 0.904. The zero-order chi connectivity index (χ0) is 21.4. The van der Waals surface area contributed by atoms with E-state index in [4.69, 9.17) is 0 Å². The molecule has 2 bridgehead atoms. The summed E-state index contributed by atoms with van der Waals surface area (Å²) in [7, 11) is 0. The summed E-state index contributed by atoms with van der Waals surface area (Å²) >= 11 is 3.62. The molecule has 2 nitrogen and oxygen atoms in total.